The van der Waals surface area contributed by atoms with Crippen LogP contribution in [0.4, 0.5) is 0 Å². The molecule has 0 radical (unpaired) electrons. The topological polar surface area (TPSA) is 37.4 Å². The Morgan fingerprint density at radius 1 is 1.54 bits per heavy atom. The maximum absolute atomic E-state index is 11.1. The zero-order valence-corrected chi connectivity index (χ0v) is 9.47. The standard InChI is InChI=1S/C9H19NO2S/c1-8-4-5-10(6-8)9(2)7-13(3,11)12/h8-9H,4-7H2,1-3H3. The number of hydrogen-bond donors (Lipinski definition) is 0. The predicted molar refractivity (Wildman–Crippen MR) is 54.5 cm³/mol. The van der Waals surface area contributed by atoms with Gasteiger partial charge in [0.1, 0.15) is 9.84 Å². The first kappa shape index (κ1) is 11.0. The Kier molecular flexibility index (Phi) is 3.35. The fourth-order valence-electron chi connectivity index (χ4n) is 1.91. The third-order valence-corrected chi connectivity index (χ3v) is 3.71. The monoisotopic (exact) mass is 205 g/mol. The van der Waals surface area contributed by atoms with Gasteiger partial charge >= 0.3 is 0 Å². The summed E-state index contributed by atoms with van der Waals surface area (Å²) in [6, 6.07) is 0.181. The SMILES string of the molecule is CC1CCN(C(C)CS(C)(=O)=O)C1. The van der Waals surface area contributed by atoms with E-state index in [9.17, 15) is 8.42 Å². The fourth-order valence-corrected chi connectivity index (χ4v) is 3.00. The molecule has 1 fully saturated rings. The zero-order chi connectivity index (χ0) is 10.1. The summed E-state index contributed by atoms with van der Waals surface area (Å²) in [5, 5.41) is 0. The summed E-state index contributed by atoms with van der Waals surface area (Å²) in [5.41, 5.74) is 0. The van der Waals surface area contributed by atoms with E-state index in [1.165, 1.54) is 12.7 Å². The van der Waals surface area contributed by atoms with Gasteiger partial charge in [0.25, 0.3) is 0 Å². The average Bonchev–Trinajstić information content (AvgIpc) is 2.31. The van der Waals surface area contributed by atoms with Crippen molar-refractivity contribution in [2.24, 2.45) is 5.92 Å². The minimum absolute atomic E-state index is 0.181. The minimum atomic E-state index is -2.82. The molecule has 78 valence electrons. The maximum atomic E-state index is 11.1. The quantitative estimate of drug-likeness (QED) is 0.682. The van der Waals surface area contributed by atoms with Crippen molar-refractivity contribution in [3.8, 4) is 0 Å². The molecule has 0 aromatic heterocycles. The van der Waals surface area contributed by atoms with Gasteiger partial charge < -0.3 is 0 Å². The lowest BCUT2D eigenvalue weighted by Gasteiger charge is -2.23. The summed E-state index contributed by atoms with van der Waals surface area (Å²) < 4.78 is 22.1. The molecule has 1 heterocycles. The molecule has 2 unspecified atom stereocenters. The number of sulfone groups is 1. The molecule has 0 saturated carbocycles. The Morgan fingerprint density at radius 3 is 2.54 bits per heavy atom. The second-order valence-corrected chi connectivity index (χ2v) is 6.52. The Morgan fingerprint density at radius 2 is 2.15 bits per heavy atom. The van der Waals surface area contributed by atoms with Crippen molar-refractivity contribution in [1.29, 1.82) is 0 Å². The molecule has 1 rings (SSSR count). The predicted octanol–water partition coefficient (Wildman–Crippen LogP) is 0.761. The van der Waals surface area contributed by atoms with Gasteiger partial charge in [-0.25, -0.2) is 8.42 Å². The van der Waals surface area contributed by atoms with Crippen LogP contribution >= 0.6 is 0 Å². The molecule has 1 saturated heterocycles. The van der Waals surface area contributed by atoms with Crippen molar-refractivity contribution in [2.45, 2.75) is 26.3 Å². The van der Waals surface area contributed by atoms with E-state index in [4.69, 9.17) is 0 Å². The molecule has 4 heteroatoms. The Hall–Kier alpha value is -0.0900. The molecule has 3 nitrogen and oxygen atoms in total. The second kappa shape index (κ2) is 3.96. The van der Waals surface area contributed by atoms with Crippen LogP contribution in [0.1, 0.15) is 20.3 Å². The number of nitrogens with zero attached hydrogens (tertiary/aromatic N) is 1. The van der Waals surface area contributed by atoms with Gasteiger partial charge in [-0.2, -0.15) is 0 Å². The molecular formula is C9H19NO2S. The van der Waals surface area contributed by atoms with Crippen LogP contribution in [0.25, 0.3) is 0 Å². The first-order valence-corrected chi connectivity index (χ1v) is 6.86. The van der Waals surface area contributed by atoms with Gasteiger partial charge in [0.2, 0.25) is 0 Å². The fraction of sp³-hybridized carbons (Fsp3) is 1.00. The van der Waals surface area contributed by atoms with Gasteiger partial charge in [-0.1, -0.05) is 6.92 Å². The van der Waals surface area contributed by atoms with Gasteiger partial charge in [0.05, 0.1) is 5.75 Å². The van der Waals surface area contributed by atoms with Crippen molar-refractivity contribution in [3.63, 3.8) is 0 Å². The lowest BCUT2D eigenvalue weighted by Crippen LogP contribution is -2.36. The van der Waals surface area contributed by atoms with Gasteiger partial charge in [-0.15, -0.1) is 0 Å². The van der Waals surface area contributed by atoms with Crippen LogP contribution in [0.5, 0.6) is 0 Å². The summed E-state index contributed by atoms with van der Waals surface area (Å²) in [5.74, 6) is 1.02. The molecule has 2 atom stereocenters. The van der Waals surface area contributed by atoms with Crippen LogP contribution in [0.15, 0.2) is 0 Å². The van der Waals surface area contributed by atoms with Crippen molar-refractivity contribution in [3.05, 3.63) is 0 Å². The van der Waals surface area contributed by atoms with Crippen molar-refractivity contribution < 1.29 is 8.42 Å². The smallest absolute Gasteiger partial charge is 0.148 e. The van der Waals surface area contributed by atoms with E-state index in [-0.39, 0.29) is 6.04 Å². The summed E-state index contributed by atoms with van der Waals surface area (Å²) in [6.07, 6.45) is 2.51. The van der Waals surface area contributed by atoms with Gasteiger partial charge in [0.15, 0.2) is 0 Å². The zero-order valence-electron chi connectivity index (χ0n) is 8.66. The summed E-state index contributed by atoms with van der Waals surface area (Å²) in [7, 11) is -2.82. The van der Waals surface area contributed by atoms with Gasteiger partial charge in [-0.05, 0) is 25.8 Å². The number of likely N-dealkylation sites (tertiary alicyclic amines) is 1. The van der Waals surface area contributed by atoms with Crippen LogP contribution in [0.2, 0.25) is 0 Å². The van der Waals surface area contributed by atoms with Crippen molar-refractivity contribution >= 4 is 9.84 Å². The Balaban J connectivity index is 2.45. The highest BCUT2D eigenvalue weighted by Crippen LogP contribution is 2.18. The van der Waals surface area contributed by atoms with E-state index in [0.29, 0.717) is 5.75 Å². The van der Waals surface area contributed by atoms with Gasteiger partial charge in [0, 0.05) is 18.8 Å². The first-order chi connectivity index (χ1) is 5.88. The van der Waals surface area contributed by atoms with Crippen molar-refractivity contribution in [2.75, 3.05) is 25.1 Å². The summed E-state index contributed by atoms with van der Waals surface area (Å²) in [6.45, 7) is 6.32. The van der Waals surface area contributed by atoms with E-state index in [2.05, 4.69) is 11.8 Å². The highest BCUT2D eigenvalue weighted by Gasteiger charge is 2.24. The largest absolute Gasteiger partial charge is 0.299 e. The maximum Gasteiger partial charge on any atom is 0.148 e. The lowest BCUT2D eigenvalue weighted by molar-refractivity contribution is 0.269. The second-order valence-electron chi connectivity index (χ2n) is 4.33. The lowest BCUT2D eigenvalue weighted by atomic mass is 10.2. The molecule has 13 heavy (non-hydrogen) atoms. The molecule has 1 aliphatic rings. The van der Waals surface area contributed by atoms with E-state index in [0.717, 1.165) is 19.0 Å². The van der Waals surface area contributed by atoms with Gasteiger partial charge in [-0.3, -0.25) is 4.90 Å². The molecule has 0 bridgehead atoms. The molecule has 0 amide bonds. The Bertz CT molecular complexity index is 261. The highest BCUT2D eigenvalue weighted by molar-refractivity contribution is 7.90. The molecule has 0 aromatic rings. The summed E-state index contributed by atoms with van der Waals surface area (Å²) >= 11 is 0. The van der Waals surface area contributed by atoms with E-state index < -0.39 is 9.84 Å². The van der Waals surface area contributed by atoms with Crippen LogP contribution in [0.3, 0.4) is 0 Å². The molecule has 0 spiro atoms. The normalized spacial score (nSPS) is 27.8. The van der Waals surface area contributed by atoms with Crippen LogP contribution in [-0.2, 0) is 9.84 Å². The Labute approximate surface area is 81.0 Å². The van der Waals surface area contributed by atoms with E-state index in [1.54, 1.807) is 0 Å². The minimum Gasteiger partial charge on any atom is -0.299 e. The first-order valence-electron chi connectivity index (χ1n) is 4.80. The van der Waals surface area contributed by atoms with E-state index >= 15 is 0 Å². The highest BCUT2D eigenvalue weighted by atomic mass is 32.2. The van der Waals surface area contributed by atoms with Crippen molar-refractivity contribution in [1.82, 2.24) is 4.90 Å². The third kappa shape index (κ3) is 3.65. The molecular weight excluding hydrogens is 186 g/mol. The molecule has 0 aliphatic carbocycles. The molecule has 0 N–H and O–H groups in total. The van der Waals surface area contributed by atoms with Crippen LogP contribution < -0.4 is 0 Å². The summed E-state index contributed by atoms with van der Waals surface area (Å²) in [4.78, 5) is 2.27. The molecule has 1 aliphatic heterocycles. The average molecular weight is 205 g/mol. The number of hydrogen-bond acceptors (Lipinski definition) is 3. The van der Waals surface area contributed by atoms with E-state index in [1.807, 2.05) is 6.92 Å². The number of rotatable bonds is 3. The third-order valence-electron chi connectivity index (χ3n) is 2.62. The molecule has 0 aromatic carbocycles. The van der Waals surface area contributed by atoms with Crippen LogP contribution in [0, 0.1) is 5.92 Å². The van der Waals surface area contributed by atoms with Crippen LogP contribution in [-0.4, -0.2) is 44.5 Å².